The fraction of sp³-hybridized carbons (Fsp3) is 0.250. The highest BCUT2D eigenvalue weighted by atomic mass is 16.4. The Morgan fingerprint density at radius 1 is 1.08 bits per heavy atom. The van der Waals surface area contributed by atoms with Gasteiger partial charge in [0.25, 0.3) is 0 Å². The molecular weight excluding hydrogens is 314 g/mol. The van der Waals surface area contributed by atoms with E-state index in [4.69, 9.17) is 0 Å². The molecule has 5 heteroatoms. The van der Waals surface area contributed by atoms with Crippen LogP contribution in [0.1, 0.15) is 36.7 Å². The summed E-state index contributed by atoms with van der Waals surface area (Å²) >= 11 is 0. The molecule has 0 unspecified atom stereocenters. The average molecular weight is 335 g/mol. The molecule has 0 aliphatic rings. The summed E-state index contributed by atoms with van der Waals surface area (Å²) in [4.78, 5) is 20.0. The predicted octanol–water partition coefficient (Wildman–Crippen LogP) is 4.14. The van der Waals surface area contributed by atoms with Crippen LogP contribution in [0.15, 0.2) is 48.9 Å². The number of pyridine rings is 1. The number of benzene rings is 1. The standard InChI is InChI=1S/C20H21N3O2/c1-20(2,3)15-7-5-13(6-8-15)18-17(22-12-23(18)4)16-11-14(19(24)25)9-10-21-16/h5-12H,1-4H3,(H,24,25). The number of rotatable bonds is 3. The lowest BCUT2D eigenvalue weighted by Gasteiger charge is -2.19. The lowest BCUT2D eigenvalue weighted by Crippen LogP contribution is -2.10. The Balaban J connectivity index is 2.09. The van der Waals surface area contributed by atoms with E-state index in [1.54, 1.807) is 12.4 Å². The van der Waals surface area contributed by atoms with Crippen molar-refractivity contribution in [2.24, 2.45) is 7.05 Å². The third-order valence-corrected chi connectivity index (χ3v) is 4.21. The fourth-order valence-electron chi connectivity index (χ4n) is 2.78. The molecule has 0 aliphatic heterocycles. The van der Waals surface area contributed by atoms with E-state index in [1.807, 2.05) is 11.6 Å². The molecule has 2 heterocycles. The highest BCUT2D eigenvalue weighted by molar-refractivity contribution is 5.89. The van der Waals surface area contributed by atoms with Gasteiger partial charge in [0.1, 0.15) is 5.69 Å². The first-order valence-electron chi connectivity index (χ1n) is 8.09. The van der Waals surface area contributed by atoms with Gasteiger partial charge in [-0.05, 0) is 23.1 Å². The highest BCUT2D eigenvalue weighted by Crippen LogP contribution is 2.31. The van der Waals surface area contributed by atoms with Crippen molar-refractivity contribution in [1.82, 2.24) is 14.5 Å². The van der Waals surface area contributed by atoms with Gasteiger partial charge in [0.2, 0.25) is 0 Å². The first kappa shape index (κ1) is 16.9. The number of aryl methyl sites for hydroxylation is 1. The third kappa shape index (κ3) is 3.31. The summed E-state index contributed by atoms with van der Waals surface area (Å²) in [6, 6.07) is 11.4. The average Bonchev–Trinajstić information content (AvgIpc) is 2.96. The maximum absolute atomic E-state index is 11.2. The third-order valence-electron chi connectivity index (χ3n) is 4.21. The Morgan fingerprint density at radius 2 is 1.76 bits per heavy atom. The smallest absolute Gasteiger partial charge is 0.335 e. The van der Waals surface area contributed by atoms with Crippen LogP contribution in [-0.2, 0) is 12.5 Å². The van der Waals surface area contributed by atoms with Crippen LogP contribution >= 0.6 is 0 Å². The molecule has 0 saturated carbocycles. The Labute approximate surface area is 147 Å². The summed E-state index contributed by atoms with van der Waals surface area (Å²) in [5, 5.41) is 9.20. The van der Waals surface area contributed by atoms with Gasteiger partial charge in [-0.25, -0.2) is 9.78 Å². The second-order valence-electron chi connectivity index (χ2n) is 7.11. The van der Waals surface area contributed by atoms with Gasteiger partial charge < -0.3 is 9.67 Å². The number of carbonyl (C=O) groups is 1. The van der Waals surface area contributed by atoms with Crippen molar-refractivity contribution in [1.29, 1.82) is 0 Å². The molecule has 0 bridgehead atoms. The summed E-state index contributed by atoms with van der Waals surface area (Å²) in [5.74, 6) is -0.976. The van der Waals surface area contributed by atoms with Crippen molar-refractivity contribution in [3.8, 4) is 22.6 Å². The van der Waals surface area contributed by atoms with E-state index in [0.29, 0.717) is 11.4 Å². The highest BCUT2D eigenvalue weighted by Gasteiger charge is 2.18. The summed E-state index contributed by atoms with van der Waals surface area (Å²) in [5.41, 5.74) is 4.70. The molecule has 3 rings (SSSR count). The summed E-state index contributed by atoms with van der Waals surface area (Å²) < 4.78 is 1.93. The van der Waals surface area contributed by atoms with Crippen molar-refractivity contribution in [2.75, 3.05) is 0 Å². The van der Waals surface area contributed by atoms with E-state index in [2.05, 4.69) is 55.0 Å². The van der Waals surface area contributed by atoms with Gasteiger partial charge in [-0.3, -0.25) is 4.98 Å². The van der Waals surface area contributed by atoms with E-state index in [-0.39, 0.29) is 11.0 Å². The number of nitrogens with zero attached hydrogens (tertiary/aromatic N) is 3. The number of carboxylic acid groups (broad SMARTS) is 1. The van der Waals surface area contributed by atoms with Gasteiger partial charge in [0.15, 0.2) is 0 Å². The lowest BCUT2D eigenvalue weighted by atomic mass is 9.86. The molecule has 0 fully saturated rings. The molecule has 0 saturated heterocycles. The molecule has 1 aromatic carbocycles. The van der Waals surface area contributed by atoms with E-state index in [9.17, 15) is 9.90 Å². The molecule has 2 aromatic heterocycles. The van der Waals surface area contributed by atoms with Crippen LogP contribution in [0.3, 0.4) is 0 Å². The second kappa shape index (κ2) is 6.16. The molecule has 0 spiro atoms. The van der Waals surface area contributed by atoms with Crippen LogP contribution in [-0.4, -0.2) is 25.6 Å². The molecule has 0 atom stereocenters. The first-order valence-corrected chi connectivity index (χ1v) is 8.09. The SMILES string of the molecule is Cn1cnc(-c2cc(C(=O)O)ccn2)c1-c1ccc(C(C)(C)C)cc1. The van der Waals surface area contributed by atoms with E-state index in [0.717, 1.165) is 11.3 Å². The number of hydrogen-bond acceptors (Lipinski definition) is 3. The first-order chi connectivity index (χ1) is 11.8. The molecule has 5 nitrogen and oxygen atoms in total. The zero-order valence-electron chi connectivity index (χ0n) is 14.8. The Hall–Kier alpha value is -2.95. The van der Waals surface area contributed by atoms with Crippen molar-refractivity contribution in [3.05, 3.63) is 60.0 Å². The van der Waals surface area contributed by atoms with Gasteiger partial charge in [-0.1, -0.05) is 45.0 Å². The largest absolute Gasteiger partial charge is 0.478 e. The lowest BCUT2D eigenvalue weighted by molar-refractivity contribution is 0.0697. The van der Waals surface area contributed by atoms with Crippen molar-refractivity contribution in [3.63, 3.8) is 0 Å². The molecule has 128 valence electrons. The maximum atomic E-state index is 11.2. The summed E-state index contributed by atoms with van der Waals surface area (Å²) in [6.45, 7) is 6.54. The molecular formula is C20H21N3O2. The minimum absolute atomic E-state index is 0.0885. The molecule has 0 radical (unpaired) electrons. The minimum Gasteiger partial charge on any atom is -0.478 e. The Morgan fingerprint density at radius 3 is 2.36 bits per heavy atom. The normalized spacial score (nSPS) is 11.5. The van der Waals surface area contributed by atoms with Crippen molar-refractivity contribution < 1.29 is 9.90 Å². The quantitative estimate of drug-likeness (QED) is 0.781. The summed E-state index contributed by atoms with van der Waals surface area (Å²) in [6.07, 6.45) is 3.22. The van der Waals surface area contributed by atoms with Gasteiger partial charge in [0, 0.05) is 18.8 Å². The van der Waals surface area contributed by atoms with E-state index in [1.165, 1.54) is 17.8 Å². The zero-order chi connectivity index (χ0) is 18.2. The molecule has 0 aliphatic carbocycles. The number of hydrogen-bond donors (Lipinski definition) is 1. The second-order valence-corrected chi connectivity index (χ2v) is 7.11. The zero-order valence-corrected chi connectivity index (χ0v) is 14.8. The summed E-state index contributed by atoms with van der Waals surface area (Å²) in [7, 11) is 1.92. The van der Waals surface area contributed by atoms with Crippen LogP contribution in [0.25, 0.3) is 22.6 Å². The van der Waals surface area contributed by atoms with Gasteiger partial charge in [-0.15, -0.1) is 0 Å². The number of carboxylic acids is 1. The van der Waals surface area contributed by atoms with Crippen LogP contribution in [0.4, 0.5) is 0 Å². The molecule has 0 amide bonds. The monoisotopic (exact) mass is 335 g/mol. The van der Waals surface area contributed by atoms with E-state index < -0.39 is 5.97 Å². The molecule has 3 aromatic rings. The van der Waals surface area contributed by atoms with Gasteiger partial charge >= 0.3 is 5.97 Å². The topological polar surface area (TPSA) is 68.0 Å². The van der Waals surface area contributed by atoms with Gasteiger partial charge in [-0.2, -0.15) is 0 Å². The van der Waals surface area contributed by atoms with Crippen molar-refractivity contribution in [2.45, 2.75) is 26.2 Å². The van der Waals surface area contributed by atoms with Crippen LogP contribution < -0.4 is 0 Å². The van der Waals surface area contributed by atoms with Crippen molar-refractivity contribution >= 4 is 5.97 Å². The maximum Gasteiger partial charge on any atom is 0.335 e. The Bertz CT molecular complexity index is 919. The fourth-order valence-corrected chi connectivity index (χ4v) is 2.78. The van der Waals surface area contributed by atoms with E-state index >= 15 is 0 Å². The number of aromatic nitrogens is 3. The van der Waals surface area contributed by atoms with Crippen LogP contribution in [0.2, 0.25) is 0 Å². The Kier molecular flexibility index (Phi) is 4.17. The molecule has 1 N–H and O–H groups in total. The predicted molar refractivity (Wildman–Crippen MR) is 97.5 cm³/mol. The van der Waals surface area contributed by atoms with Crippen LogP contribution in [0, 0.1) is 0 Å². The molecule has 25 heavy (non-hydrogen) atoms. The number of imidazole rings is 1. The van der Waals surface area contributed by atoms with Gasteiger partial charge in [0.05, 0.1) is 23.3 Å². The minimum atomic E-state index is -0.976. The van der Waals surface area contributed by atoms with Crippen LogP contribution in [0.5, 0.6) is 0 Å². The number of aromatic carboxylic acids is 1.